The van der Waals surface area contributed by atoms with Crippen molar-refractivity contribution in [3.63, 3.8) is 0 Å². The average molecular weight is 377 g/mol. The number of cyclic esters (lactones) is 2. The van der Waals surface area contributed by atoms with Crippen LogP contribution < -0.4 is 0 Å². The summed E-state index contributed by atoms with van der Waals surface area (Å²) < 4.78 is 10.2. The van der Waals surface area contributed by atoms with E-state index in [1.54, 1.807) is 6.08 Å². The highest BCUT2D eigenvalue weighted by Gasteiger charge is 2.38. The Morgan fingerprint density at radius 3 is 1.75 bits per heavy atom. The molecule has 1 heterocycles. The van der Waals surface area contributed by atoms with Crippen LogP contribution in [-0.2, 0) is 32.2 Å². The van der Waals surface area contributed by atoms with E-state index >= 15 is 0 Å². The first-order valence-corrected chi connectivity index (χ1v) is 9.10. The van der Waals surface area contributed by atoms with Crippen molar-refractivity contribution in [1.82, 2.24) is 4.90 Å². The topological polar surface area (TPSA) is 55.8 Å². The van der Waals surface area contributed by atoms with Crippen LogP contribution in [-0.4, -0.2) is 22.6 Å². The van der Waals surface area contributed by atoms with Gasteiger partial charge in [0, 0.05) is 26.9 Å². The lowest BCUT2D eigenvalue weighted by atomic mass is 10.1. The van der Waals surface area contributed by atoms with Crippen LogP contribution in [0.2, 0.25) is 0 Å². The summed E-state index contributed by atoms with van der Waals surface area (Å²) in [5.41, 5.74) is 2.21. The standard InChI is InChI=1S/C23H23NO4/c1-23(2)27-21(25)20(22(26)28-23)14-9-15-24(16-18-10-5-3-6-11-18)17-19-12-7-4-8-13-19/h3-15H,16-17H2,1-2H3/b15-9+. The molecule has 0 radical (unpaired) electrons. The van der Waals surface area contributed by atoms with Gasteiger partial charge >= 0.3 is 11.9 Å². The highest BCUT2D eigenvalue weighted by atomic mass is 16.7. The van der Waals surface area contributed by atoms with Gasteiger partial charge in [-0.1, -0.05) is 60.7 Å². The number of hydrogen-bond donors (Lipinski definition) is 0. The number of benzene rings is 2. The van der Waals surface area contributed by atoms with Gasteiger partial charge < -0.3 is 14.4 Å². The molecule has 0 N–H and O–H groups in total. The third-order valence-corrected chi connectivity index (χ3v) is 4.13. The number of nitrogens with zero attached hydrogens (tertiary/aromatic N) is 1. The number of carbonyl (C=O) groups is 2. The summed E-state index contributed by atoms with van der Waals surface area (Å²) in [5, 5.41) is 0. The summed E-state index contributed by atoms with van der Waals surface area (Å²) in [4.78, 5) is 26.2. The summed E-state index contributed by atoms with van der Waals surface area (Å²) in [6.45, 7) is 4.43. The van der Waals surface area contributed by atoms with E-state index in [0.717, 1.165) is 11.1 Å². The first-order chi connectivity index (χ1) is 13.4. The first kappa shape index (κ1) is 19.4. The van der Waals surface area contributed by atoms with E-state index in [2.05, 4.69) is 29.2 Å². The molecule has 0 spiro atoms. The molecule has 0 aromatic heterocycles. The molecule has 0 aliphatic carbocycles. The molecule has 28 heavy (non-hydrogen) atoms. The lowest BCUT2D eigenvalue weighted by molar-refractivity contribution is -0.222. The summed E-state index contributed by atoms with van der Waals surface area (Å²) in [6.07, 6.45) is 4.96. The Labute approximate surface area is 164 Å². The molecule has 0 bridgehead atoms. The van der Waals surface area contributed by atoms with Crippen LogP contribution in [0, 0.1) is 0 Å². The predicted molar refractivity (Wildman–Crippen MR) is 106 cm³/mol. The zero-order valence-corrected chi connectivity index (χ0v) is 16.0. The van der Waals surface area contributed by atoms with E-state index < -0.39 is 17.7 Å². The SMILES string of the molecule is CC1(C)OC(=O)C(=C/C=C/N(Cc2ccccc2)Cc2ccccc2)C(=O)O1. The predicted octanol–water partition coefficient (Wildman–Crippen LogP) is 3.97. The van der Waals surface area contributed by atoms with Crippen LogP contribution in [0.4, 0.5) is 0 Å². The van der Waals surface area contributed by atoms with Gasteiger partial charge in [0.2, 0.25) is 0 Å². The number of ether oxygens (including phenoxy) is 2. The minimum Gasteiger partial charge on any atom is -0.419 e. The van der Waals surface area contributed by atoms with Crippen molar-refractivity contribution in [3.05, 3.63) is 95.7 Å². The van der Waals surface area contributed by atoms with E-state index in [1.165, 1.54) is 19.9 Å². The Morgan fingerprint density at radius 1 is 0.821 bits per heavy atom. The Morgan fingerprint density at radius 2 is 1.29 bits per heavy atom. The molecule has 144 valence electrons. The minimum absolute atomic E-state index is 0.116. The lowest BCUT2D eigenvalue weighted by Crippen LogP contribution is -2.41. The number of hydrogen-bond acceptors (Lipinski definition) is 5. The first-order valence-electron chi connectivity index (χ1n) is 9.10. The summed E-state index contributed by atoms with van der Waals surface area (Å²) in [6, 6.07) is 20.2. The van der Waals surface area contributed by atoms with Gasteiger partial charge in [-0.05, 0) is 29.5 Å². The van der Waals surface area contributed by atoms with Crippen LogP contribution in [0.25, 0.3) is 0 Å². The Hall–Kier alpha value is -3.34. The molecule has 1 saturated heterocycles. The summed E-state index contributed by atoms with van der Waals surface area (Å²) >= 11 is 0. The van der Waals surface area contributed by atoms with Crippen LogP contribution in [0.1, 0.15) is 25.0 Å². The largest absolute Gasteiger partial charge is 0.419 e. The molecule has 0 saturated carbocycles. The maximum Gasteiger partial charge on any atom is 0.348 e. The lowest BCUT2D eigenvalue weighted by Gasteiger charge is -2.29. The third kappa shape index (κ3) is 5.33. The van der Waals surface area contributed by atoms with Crippen LogP contribution in [0.5, 0.6) is 0 Å². The molecule has 5 heteroatoms. The summed E-state index contributed by atoms with van der Waals surface area (Å²) in [5.74, 6) is -2.59. The van der Waals surface area contributed by atoms with E-state index in [1.807, 2.05) is 42.6 Å². The van der Waals surface area contributed by atoms with Crippen molar-refractivity contribution < 1.29 is 19.1 Å². The Balaban J connectivity index is 1.76. The zero-order chi connectivity index (χ0) is 20.0. The highest BCUT2D eigenvalue weighted by Crippen LogP contribution is 2.22. The van der Waals surface area contributed by atoms with Gasteiger partial charge in [-0.15, -0.1) is 0 Å². The zero-order valence-electron chi connectivity index (χ0n) is 16.0. The van der Waals surface area contributed by atoms with E-state index in [-0.39, 0.29) is 5.57 Å². The molecule has 5 nitrogen and oxygen atoms in total. The second-order valence-corrected chi connectivity index (χ2v) is 6.98. The van der Waals surface area contributed by atoms with Crippen molar-refractivity contribution in [2.24, 2.45) is 0 Å². The van der Waals surface area contributed by atoms with Crippen LogP contribution >= 0.6 is 0 Å². The number of rotatable bonds is 6. The number of carbonyl (C=O) groups excluding carboxylic acids is 2. The molecular weight excluding hydrogens is 354 g/mol. The molecular formula is C23H23NO4. The summed E-state index contributed by atoms with van der Waals surface area (Å²) in [7, 11) is 0. The van der Waals surface area contributed by atoms with Crippen molar-refractivity contribution in [2.45, 2.75) is 32.7 Å². The molecule has 0 unspecified atom stereocenters. The average Bonchev–Trinajstić information content (AvgIpc) is 2.64. The van der Waals surface area contributed by atoms with Gasteiger partial charge in [0.1, 0.15) is 5.57 Å². The second-order valence-electron chi connectivity index (χ2n) is 6.98. The molecule has 1 aliphatic rings. The molecule has 0 atom stereocenters. The second kappa shape index (κ2) is 8.57. The minimum atomic E-state index is -1.23. The number of esters is 2. The van der Waals surface area contributed by atoms with Gasteiger partial charge in [0.15, 0.2) is 0 Å². The smallest absolute Gasteiger partial charge is 0.348 e. The fraction of sp³-hybridized carbons (Fsp3) is 0.217. The van der Waals surface area contributed by atoms with Gasteiger partial charge in [-0.3, -0.25) is 0 Å². The van der Waals surface area contributed by atoms with Crippen molar-refractivity contribution in [1.29, 1.82) is 0 Å². The molecule has 2 aromatic rings. The van der Waals surface area contributed by atoms with Crippen LogP contribution in [0.3, 0.4) is 0 Å². The van der Waals surface area contributed by atoms with Gasteiger partial charge in [-0.25, -0.2) is 9.59 Å². The third-order valence-electron chi connectivity index (χ3n) is 4.13. The number of allylic oxidation sites excluding steroid dienone is 2. The van der Waals surface area contributed by atoms with Crippen LogP contribution in [0.15, 0.2) is 84.6 Å². The fourth-order valence-corrected chi connectivity index (χ4v) is 2.85. The molecule has 1 fully saturated rings. The normalized spacial score (nSPS) is 15.9. The van der Waals surface area contributed by atoms with Crippen molar-refractivity contribution >= 4 is 11.9 Å². The molecule has 0 amide bonds. The molecule has 1 aliphatic heterocycles. The maximum absolute atomic E-state index is 12.0. The van der Waals surface area contributed by atoms with Crippen molar-refractivity contribution in [3.8, 4) is 0 Å². The van der Waals surface area contributed by atoms with Gasteiger partial charge in [0.05, 0.1) is 0 Å². The molecule has 2 aromatic carbocycles. The quantitative estimate of drug-likeness (QED) is 0.433. The Bertz CT molecular complexity index is 822. The van der Waals surface area contributed by atoms with Gasteiger partial charge in [-0.2, -0.15) is 0 Å². The Kier molecular flexibility index (Phi) is 5.94. The fourth-order valence-electron chi connectivity index (χ4n) is 2.85. The molecule has 3 rings (SSSR count). The highest BCUT2D eigenvalue weighted by molar-refractivity contribution is 6.15. The monoisotopic (exact) mass is 377 g/mol. The van der Waals surface area contributed by atoms with E-state index in [4.69, 9.17) is 9.47 Å². The van der Waals surface area contributed by atoms with Crippen molar-refractivity contribution in [2.75, 3.05) is 0 Å². The maximum atomic E-state index is 12.0. The van der Waals surface area contributed by atoms with E-state index in [9.17, 15) is 9.59 Å². The van der Waals surface area contributed by atoms with E-state index in [0.29, 0.717) is 13.1 Å². The van der Waals surface area contributed by atoms with Gasteiger partial charge in [0.25, 0.3) is 5.79 Å².